The average molecular weight is 436 g/mol. The zero-order chi connectivity index (χ0) is 21.3. The summed E-state index contributed by atoms with van der Waals surface area (Å²) in [7, 11) is 0. The van der Waals surface area contributed by atoms with Crippen molar-refractivity contribution in [2.75, 3.05) is 10.6 Å². The van der Waals surface area contributed by atoms with Crippen molar-refractivity contribution in [3.8, 4) is 0 Å². The van der Waals surface area contributed by atoms with Gasteiger partial charge in [0.15, 0.2) is 0 Å². The lowest BCUT2D eigenvalue weighted by Crippen LogP contribution is -2.12. The van der Waals surface area contributed by atoms with Gasteiger partial charge in [-0.15, -0.1) is 12.4 Å². The molecule has 0 atom stereocenters. The van der Waals surface area contributed by atoms with Crippen LogP contribution in [0.1, 0.15) is 16.7 Å². The molecule has 1 aliphatic rings. The molecular weight excluding hydrogens is 418 g/mol. The Morgan fingerprint density at radius 2 is 1.71 bits per heavy atom. The Kier molecular flexibility index (Phi) is 6.03. The van der Waals surface area contributed by atoms with Crippen LogP contribution in [0.3, 0.4) is 0 Å². The summed E-state index contributed by atoms with van der Waals surface area (Å²) in [4.78, 5) is 23.6. The molecule has 4 rings (SSSR count). The molecule has 1 amide bonds. The number of amides is 1. The summed E-state index contributed by atoms with van der Waals surface area (Å²) in [5.41, 5.74) is 9.13. The molecule has 1 aliphatic heterocycles. The molecule has 8 nitrogen and oxygen atoms in total. The number of hydrogen-bond donors (Lipinski definition) is 4. The maximum Gasteiger partial charge on any atom is 0.270 e. The third-order valence-corrected chi connectivity index (χ3v) is 4.71. The highest BCUT2D eigenvalue weighted by Crippen LogP contribution is 2.39. The van der Waals surface area contributed by atoms with E-state index in [0.29, 0.717) is 33.8 Å². The van der Waals surface area contributed by atoms with Gasteiger partial charge in [-0.05, 0) is 23.8 Å². The van der Waals surface area contributed by atoms with E-state index < -0.39 is 4.92 Å². The second-order valence-electron chi connectivity index (χ2n) is 6.68. The number of non-ortho nitro benzene ring substituents is 1. The van der Waals surface area contributed by atoms with Gasteiger partial charge in [0.1, 0.15) is 5.84 Å². The third-order valence-electron chi connectivity index (χ3n) is 4.71. The van der Waals surface area contributed by atoms with Crippen molar-refractivity contribution in [3.63, 3.8) is 0 Å². The number of fused-ring (bicyclic) bond motifs is 1. The first-order chi connectivity index (χ1) is 14.4. The molecule has 0 saturated heterocycles. The van der Waals surface area contributed by atoms with E-state index >= 15 is 0 Å². The SMILES string of the molecule is Cl.N=C(N)c1cccc(N/C(=C2\C(=O)Nc3ccc([N+](=O)[O-])cc32)c2ccccc2)c1. The van der Waals surface area contributed by atoms with Crippen LogP contribution in [0, 0.1) is 15.5 Å². The molecule has 0 aliphatic carbocycles. The lowest BCUT2D eigenvalue weighted by Gasteiger charge is -2.15. The maximum atomic E-state index is 12.9. The number of nitrogens with two attached hydrogens (primary N) is 1. The third kappa shape index (κ3) is 4.24. The summed E-state index contributed by atoms with van der Waals surface area (Å²) < 4.78 is 0. The predicted molar refractivity (Wildman–Crippen MR) is 123 cm³/mol. The number of halogens is 1. The zero-order valence-electron chi connectivity index (χ0n) is 16.1. The topological polar surface area (TPSA) is 134 Å². The van der Waals surface area contributed by atoms with E-state index in [1.807, 2.05) is 30.3 Å². The molecule has 31 heavy (non-hydrogen) atoms. The highest BCUT2D eigenvalue weighted by atomic mass is 35.5. The van der Waals surface area contributed by atoms with E-state index in [9.17, 15) is 14.9 Å². The van der Waals surface area contributed by atoms with Crippen molar-refractivity contribution in [2.24, 2.45) is 5.73 Å². The van der Waals surface area contributed by atoms with Gasteiger partial charge in [-0.2, -0.15) is 0 Å². The van der Waals surface area contributed by atoms with Crippen LogP contribution in [0.5, 0.6) is 0 Å². The molecule has 0 spiro atoms. The van der Waals surface area contributed by atoms with Gasteiger partial charge in [0.2, 0.25) is 0 Å². The van der Waals surface area contributed by atoms with Crippen LogP contribution >= 0.6 is 12.4 Å². The molecule has 0 unspecified atom stereocenters. The van der Waals surface area contributed by atoms with Gasteiger partial charge in [0, 0.05) is 34.6 Å². The number of anilines is 2. The Hall–Kier alpha value is -4.17. The van der Waals surface area contributed by atoms with Crippen molar-refractivity contribution >= 4 is 52.5 Å². The summed E-state index contributed by atoms with van der Waals surface area (Å²) in [6, 6.07) is 20.4. The molecule has 0 bridgehead atoms. The number of carbonyl (C=O) groups is 1. The Bertz CT molecular complexity index is 1220. The number of carbonyl (C=O) groups excluding carboxylic acids is 1. The summed E-state index contributed by atoms with van der Waals surface area (Å²) in [6.07, 6.45) is 0. The van der Waals surface area contributed by atoms with Gasteiger partial charge >= 0.3 is 0 Å². The van der Waals surface area contributed by atoms with Gasteiger partial charge in [-0.1, -0.05) is 42.5 Å². The molecule has 0 saturated carbocycles. The Labute approximate surface area is 183 Å². The van der Waals surface area contributed by atoms with E-state index in [4.69, 9.17) is 11.1 Å². The second kappa shape index (κ2) is 8.68. The Morgan fingerprint density at radius 1 is 1.00 bits per heavy atom. The van der Waals surface area contributed by atoms with Crippen LogP contribution in [0.4, 0.5) is 17.1 Å². The highest BCUT2D eigenvalue weighted by molar-refractivity contribution is 6.37. The number of nitro benzene ring substituents is 1. The van der Waals surface area contributed by atoms with E-state index in [2.05, 4.69) is 10.6 Å². The van der Waals surface area contributed by atoms with Crippen molar-refractivity contribution in [1.29, 1.82) is 5.41 Å². The first-order valence-corrected chi connectivity index (χ1v) is 9.05. The lowest BCUT2D eigenvalue weighted by atomic mass is 9.99. The maximum absolute atomic E-state index is 12.9. The Morgan fingerprint density at radius 3 is 2.39 bits per heavy atom. The summed E-state index contributed by atoms with van der Waals surface area (Å²) in [6.45, 7) is 0. The lowest BCUT2D eigenvalue weighted by molar-refractivity contribution is -0.384. The molecule has 0 aromatic heterocycles. The van der Waals surface area contributed by atoms with E-state index in [0.717, 1.165) is 5.56 Å². The van der Waals surface area contributed by atoms with Crippen molar-refractivity contribution in [3.05, 3.63) is 99.6 Å². The average Bonchev–Trinajstić information content (AvgIpc) is 3.07. The number of nitrogens with zero attached hydrogens (tertiary/aromatic N) is 1. The normalized spacial score (nSPS) is 13.5. The fourth-order valence-electron chi connectivity index (χ4n) is 3.31. The van der Waals surface area contributed by atoms with E-state index in [1.165, 1.54) is 18.2 Å². The minimum absolute atomic E-state index is 0. The van der Waals surface area contributed by atoms with Crippen molar-refractivity contribution < 1.29 is 9.72 Å². The molecule has 0 fully saturated rings. The minimum atomic E-state index is -0.493. The van der Waals surface area contributed by atoms with Gasteiger partial charge in [-0.3, -0.25) is 20.3 Å². The first-order valence-electron chi connectivity index (χ1n) is 9.05. The fraction of sp³-hybridized carbons (Fsp3) is 0. The number of hydrogen-bond acceptors (Lipinski definition) is 5. The molecular formula is C22H18ClN5O3. The van der Waals surface area contributed by atoms with Crippen LogP contribution in [-0.4, -0.2) is 16.7 Å². The number of nitrogen functional groups attached to an aromatic ring is 1. The summed E-state index contributed by atoms with van der Waals surface area (Å²) in [5, 5.41) is 24.9. The zero-order valence-corrected chi connectivity index (χ0v) is 16.9. The predicted octanol–water partition coefficient (Wildman–Crippen LogP) is 4.23. The largest absolute Gasteiger partial charge is 0.384 e. The molecule has 3 aromatic carbocycles. The molecule has 3 aromatic rings. The summed E-state index contributed by atoms with van der Waals surface area (Å²) >= 11 is 0. The van der Waals surface area contributed by atoms with Crippen LogP contribution in [-0.2, 0) is 4.79 Å². The van der Waals surface area contributed by atoms with E-state index in [-0.39, 0.29) is 29.8 Å². The summed E-state index contributed by atoms with van der Waals surface area (Å²) in [5.74, 6) is -0.438. The van der Waals surface area contributed by atoms with Crippen LogP contribution in [0.25, 0.3) is 11.3 Å². The van der Waals surface area contributed by atoms with Crippen molar-refractivity contribution in [1.82, 2.24) is 0 Å². The van der Waals surface area contributed by atoms with Gasteiger partial charge < -0.3 is 16.4 Å². The number of amidine groups is 1. The molecule has 1 heterocycles. The van der Waals surface area contributed by atoms with Crippen LogP contribution in [0.2, 0.25) is 0 Å². The fourth-order valence-corrected chi connectivity index (χ4v) is 3.31. The molecule has 156 valence electrons. The standard InChI is InChI=1S/C22H17N5O3.ClH/c23-21(24)14-7-4-8-15(11-14)25-20(13-5-2-1-3-6-13)19-17-12-16(27(29)30)9-10-18(17)26-22(19)28;/h1-12,25H,(H3,23,24)(H,26,28);1H/b20-19-;. The van der Waals surface area contributed by atoms with Gasteiger partial charge in [-0.25, -0.2) is 0 Å². The monoisotopic (exact) mass is 435 g/mol. The Balaban J connectivity index is 0.00000272. The quantitative estimate of drug-likeness (QED) is 0.156. The highest BCUT2D eigenvalue weighted by Gasteiger charge is 2.30. The smallest absolute Gasteiger partial charge is 0.270 e. The van der Waals surface area contributed by atoms with Crippen LogP contribution in [0.15, 0.2) is 72.8 Å². The van der Waals surface area contributed by atoms with Crippen molar-refractivity contribution in [2.45, 2.75) is 0 Å². The molecule has 0 radical (unpaired) electrons. The minimum Gasteiger partial charge on any atom is -0.384 e. The second-order valence-corrected chi connectivity index (χ2v) is 6.68. The van der Waals surface area contributed by atoms with Gasteiger partial charge in [0.05, 0.1) is 16.2 Å². The van der Waals surface area contributed by atoms with E-state index in [1.54, 1.807) is 24.3 Å². The van der Waals surface area contributed by atoms with Crippen LogP contribution < -0.4 is 16.4 Å². The first kappa shape index (κ1) is 21.5. The molecule has 9 heteroatoms. The number of nitrogens with one attached hydrogen (secondary N) is 3. The number of rotatable bonds is 5. The number of benzene rings is 3. The number of nitro groups is 1. The van der Waals surface area contributed by atoms with Gasteiger partial charge in [0.25, 0.3) is 11.6 Å². The molecule has 5 N–H and O–H groups in total.